The molecule has 3 aromatic rings. The summed E-state index contributed by atoms with van der Waals surface area (Å²) < 4.78 is 1.66. The molecule has 1 aliphatic rings. The number of fused-ring (bicyclic) bond motifs is 1. The lowest BCUT2D eigenvalue weighted by Gasteiger charge is -2.42. The lowest BCUT2D eigenvalue weighted by molar-refractivity contribution is 0.0288. The van der Waals surface area contributed by atoms with Crippen LogP contribution in [-0.2, 0) is 5.54 Å². The van der Waals surface area contributed by atoms with Crippen LogP contribution in [0.5, 0.6) is 0 Å². The number of aromatic nitrogens is 3. The number of nitrogens with zero attached hydrogens (tertiary/aromatic N) is 3. The predicted octanol–water partition coefficient (Wildman–Crippen LogP) is 1.33. The molecule has 3 N–H and O–H groups in total. The summed E-state index contributed by atoms with van der Waals surface area (Å²) in [7, 11) is 0. The Morgan fingerprint density at radius 1 is 1.30 bits per heavy atom. The van der Waals surface area contributed by atoms with Gasteiger partial charge in [-0.05, 0) is 38.4 Å². The highest BCUT2D eigenvalue weighted by Gasteiger charge is 2.43. The number of nitrogens with one attached hydrogen (secondary N) is 2. The second kappa shape index (κ2) is 6.75. The van der Waals surface area contributed by atoms with Gasteiger partial charge >= 0.3 is 0 Å². The van der Waals surface area contributed by atoms with Gasteiger partial charge in [-0.3, -0.25) is 4.79 Å². The van der Waals surface area contributed by atoms with E-state index in [2.05, 4.69) is 20.7 Å². The summed E-state index contributed by atoms with van der Waals surface area (Å²) >= 11 is 0. The molecule has 0 aliphatic carbocycles. The molecule has 2 atom stereocenters. The Bertz CT molecular complexity index is 985. The van der Waals surface area contributed by atoms with Gasteiger partial charge in [0.1, 0.15) is 0 Å². The maximum atomic E-state index is 13.1. The Kier molecular flexibility index (Phi) is 4.41. The van der Waals surface area contributed by atoms with Crippen molar-refractivity contribution in [2.75, 3.05) is 13.1 Å². The fourth-order valence-corrected chi connectivity index (χ4v) is 3.82. The molecule has 0 saturated carbocycles. The van der Waals surface area contributed by atoms with Crippen LogP contribution >= 0.6 is 0 Å². The molecule has 27 heavy (non-hydrogen) atoms. The van der Waals surface area contributed by atoms with E-state index in [1.165, 1.54) is 0 Å². The molecule has 1 saturated heterocycles. The maximum Gasteiger partial charge on any atom is 0.272 e. The van der Waals surface area contributed by atoms with Crippen LogP contribution in [0.25, 0.3) is 5.65 Å². The number of aryl methyl sites for hydroxylation is 2. The monoisotopic (exact) mass is 365 g/mol. The lowest BCUT2D eigenvalue weighted by atomic mass is 9.79. The van der Waals surface area contributed by atoms with Crippen molar-refractivity contribution < 1.29 is 9.90 Å². The van der Waals surface area contributed by atoms with Crippen molar-refractivity contribution in [3.8, 4) is 0 Å². The number of aliphatic hydroxyl groups excluding tert-OH is 1. The van der Waals surface area contributed by atoms with Crippen LogP contribution in [-0.4, -0.2) is 44.8 Å². The zero-order valence-electron chi connectivity index (χ0n) is 15.4. The lowest BCUT2D eigenvalue weighted by Crippen LogP contribution is -2.61. The molecule has 7 nitrogen and oxygen atoms in total. The van der Waals surface area contributed by atoms with Crippen LogP contribution in [0.1, 0.15) is 33.9 Å². The number of carbonyl (C=O) groups is 1. The van der Waals surface area contributed by atoms with Gasteiger partial charge in [0.15, 0.2) is 11.3 Å². The highest BCUT2D eigenvalue weighted by Crippen LogP contribution is 2.31. The average Bonchev–Trinajstić information content (AvgIpc) is 3.09. The van der Waals surface area contributed by atoms with Gasteiger partial charge in [-0.1, -0.05) is 30.3 Å². The number of aliphatic hydroxyl groups is 1. The first-order chi connectivity index (χ1) is 13.0. The first-order valence-electron chi connectivity index (χ1n) is 9.10. The van der Waals surface area contributed by atoms with E-state index in [1.54, 1.807) is 10.6 Å². The Labute approximate surface area is 157 Å². The van der Waals surface area contributed by atoms with E-state index in [0.29, 0.717) is 25.2 Å². The van der Waals surface area contributed by atoms with Gasteiger partial charge in [-0.15, -0.1) is 0 Å². The number of hydrogen-bond acceptors (Lipinski definition) is 5. The van der Waals surface area contributed by atoms with Crippen molar-refractivity contribution in [1.29, 1.82) is 0 Å². The normalized spacial score (nSPS) is 22.7. The Balaban J connectivity index is 1.71. The van der Waals surface area contributed by atoms with Crippen molar-refractivity contribution in [2.24, 2.45) is 0 Å². The van der Waals surface area contributed by atoms with Crippen LogP contribution in [0.4, 0.5) is 0 Å². The minimum Gasteiger partial charge on any atom is -0.389 e. The van der Waals surface area contributed by atoms with Gasteiger partial charge in [0.2, 0.25) is 0 Å². The van der Waals surface area contributed by atoms with E-state index < -0.39 is 11.6 Å². The standard InChI is InChI=1S/C20H23N5O2/c1-13-10-14(2)25-18(22-13)11-16(24-25)19(27)23-20(8-9-21-12-17(20)26)15-6-4-3-5-7-15/h3-7,10-11,17,21,26H,8-9,12H2,1-2H3,(H,23,27)/t17-,20+/m1/s1. The second-order valence-electron chi connectivity index (χ2n) is 7.10. The molecule has 2 aromatic heterocycles. The predicted molar refractivity (Wildman–Crippen MR) is 102 cm³/mol. The molecule has 1 amide bonds. The van der Waals surface area contributed by atoms with Gasteiger partial charge < -0.3 is 15.7 Å². The number of β-amino-alcohol motifs (C(OH)–C–C–N with tert-alkyl or cyclic N) is 1. The Morgan fingerprint density at radius 3 is 2.81 bits per heavy atom. The summed E-state index contributed by atoms with van der Waals surface area (Å²) in [6, 6.07) is 13.2. The van der Waals surface area contributed by atoms with Gasteiger partial charge in [0, 0.05) is 24.0 Å². The van der Waals surface area contributed by atoms with E-state index in [9.17, 15) is 9.90 Å². The maximum absolute atomic E-state index is 13.1. The SMILES string of the molecule is Cc1cc(C)n2nc(C(=O)N[C@]3(c4ccccc4)CCNC[C@H]3O)cc2n1. The highest BCUT2D eigenvalue weighted by atomic mass is 16.3. The molecule has 1 aliphatic heterocycles. The molecule has 0 unspecified atom stereocenters. The molecule has 0 bridgehead atoms. The largest absolute Gasteiger partial charge is 0.389 e. The summed E-state index contributed by atoms with van der Waals surface area (Å²) in [6.07, 6.45) is -0.148. The highest BCUT2D eigenvalue weighted by molar-refractivity contribution is 5.94. The van der Waals surface area contributed by atoms with Crippen molar-refractivity contribution in [3.05, 3.63) is 65.1 Å². The van der Waals surface area contributed by atoms with E-state index >= 15 is 0 Å². The smallest absolute Gasteiger partial charge is 0.272 e. The fraction of sp³-hybridized carbons (Fsp3) is 0.350. The molecule has 3 heterocycles. The summed E-state index contributed by atoms with van der Waals surface area (Å²) in [5, 5.41) is 21.4. The molecule has 4 rings (SSSR count). The number of carbonyl (C=O) groups excluding carboxylic acids is 1. The average molecular weight is 365 g/mol. The quantitative estimate of drug-likeness (QED) is 0.651. The second-order valence-corrected chi connectivity index (χ2v) is 7.10. The first-order valence-corrected chi connectivity index (χ1v) is 9.10. The summed E-state index contributed by atoms with van der Waals surface area (Å²) in [6.45, 7) is 4.96. The van der Waals surface area contributed by atoms with Crippen molar-refractivity contribution in [2.45, 2.75) is 31.9 Å². The molecule has 1 aromatic carbocycles. The summed E-state index contributed by atoms with van der Waals surface area (Å²) in [5.74, 6) is -0.317. The van der Waals surface area contributed by atoms with Crippen molar-refractivity contribution >= 4 is 11.6 Å². The Hall–Kier alpha value is -2.77. The molecule has 140 valence electrons. The van der Waals surface area contributed by atoms with Crippen LogP contribution in [0.15, 0.2) is 42.5 Å². The molecule has 1 fully saturated rings. The number of piperidine rings is 1. The number of benzene rings is 1. The van der Waals surface area contributed by atoms with E-state index in [1.807, 2.05) is 50.2 Å². The van der Waals surface area contributed by atoms with E-state index in [4.69, 9.17) is 0 Å². The molecular formula is C20H23N5O2. The van der Waals surface area contributed by atoms with Crippen LogP contribution in [0, 0.1) is 13.8 Å². The summed E-state index contributed by atoms with van der Waals surface area (Å²) in [5.41, 5.74) is 2.76. The van der Waals surface area contributed by atoms with Crippen LogP contribution in [0.2, 0.25) is 0 Å². The summed E-state index contributed by atoms with van der Waals surface area (Å²) in [4.78, 5) is 17.5. The first kappa shape index (κ1) is 17.6. The minimum atomic E-state index is -0.849. The zero-order chi connectivity index (χ0) is 19.0. The zero-order valence-corrected chi connectivity index (χ0v) is 15.4. The number of rotatable bonds is 3. The van der Waals surface area contributed by atoms with Gasteiger partial charge in [0.25, 0.3) is 5.91 Å². The number of hydrogen-bond donors (Lipinski definition) is 3. The molecule has 0 radical (unpaired) electrons. The van der Waals surface area contributed by atoms with Crippen molar-refractivity contribution in [1.82, 2.24) is 25.2 Å². The minimum absolute atomic E-state index is 0.289. The van der Waals surface area contributed by atoms with Gasteiger partial charge in [-0.25, -0.2) is 9.50 Å². The van der Waals surface area contributed by atoms with Crippen LogP contribution < -0.4 is 10.6 Å². The molecular weight excluding hydrogens is 342 g/mol. The van der Waals surface area contributed by atoms with Gasteiger partial charge in [0.05, 0.1) is 11.6 Å². The third-order valence-electron chi connectivity index (χ3n) is 5.19. The van der Waals surface area contributed by atoms with Crippen LogP contribution in [0.3, 0.4) is 0 Å². The fourth-order valence-electron chi connectivity index (χ4n) is 3.82. The number of amides is 1. The van der Waals surface area contributed by atoms with Crippen molar-refractivity contribution in [3.63, 3.8) is 0 Å². The third-order valence-corrected chi connectivity index (χ3v) is 5.19. The third kappa shape index (κ3) is 3.09. The topological polar surface area (TPSA) is 91.6 Å². The molecule has 0 spiro atoms. The van der Waals surface area contributed by atoms with E-state index in [-0.39, 0.29) is 11.6 Å². The Morgan fingerprint density at radius 2 is 2.07 bits per heavy atom. The van der Waals surface area contributed by atoms with E-state index in [0.717, 1.165) is 17.0 Å². The molecule has 7 heteroatoms. The van der Waals surface area contributed by atoms with Gasteiger partial charge in [-0.2, -0.15) is 5.10 Å².